The van der Waals surface area contributed by atoms with Gasteiger partial charge in [-0.05, 0) is 30.7 Å². The summed E-state index contributed by atoms with van der Waals surface area (Å²) >= 11 is 0. The van der Waals surface area contributed by atoms with Gasteiger partial charge in [0.1, 0.15) is 6.10 Å². The molecule has 3 rings (SSSR count). The van der Waals surface area contributed by atoms with Crippen LogP contribution in [0.4, 0.5) is 16.2 Å². The Morgan fingerprint density at radius 3 is 2.58 bits per heavy atom. The summed E-state index contributed by atoms with van der Waals surface area (Å²) < 4.78 is 5.42. The van der Waals surface area contributed by atoms with Crippen LogP contribution in [0.3, 0.4) is 0 Å². The third-order valence-electron chi connectivity index (χ3n) is 4.92. The highest BCUT2D eigenvalue weighted by Crippen LogP contribution is 2.29. The molecule has 1 N–H and O–H groups in total. The van der Waals surface area contributed by atoms with Crippen LogP contribution in [0.5, 0.6) is 0 Å². The Bertz CT molecular complexity index is 711. The molecule has 1 aromatic rings. The largest absolute Gasteiger partial charge is 0.462 e. The number of aryl methyl sites for hydroxylation is 1. The minimum atomic E-state index is -0.365. The van der Waals surface area contributed by atoms with E-state index in [1.54, 1.807) is 11.8 Å². The van der Waals surface area contributed by atoms with Gasteiger partial charge in [-0.25, -0.2) is 4.79 Å². The Morgan fingerprint density at radius 1 is 1.23 bits per heavy atom. The van der Waals surface area contributed by atoms with E-state index in [4.69, 9.17) is 4.74 Å². The van der Waals surface area contributed by atoms with E-state index in [2.05, 4.69) is 16.3 Å². The van der Waals surface area contributed by atoms with Crippen molar-refractivity contribution in [2.75, 3.05) is 29.4 Å². The summed E-state index contributed by atoms with van der Waals surface area (Å²) in [5, 5.41) is 2.35. The molecule has 2 saturated heterocycles. The van der Waals surface area contributed by atoms with E-state index in [1.807, 2.05) is 19.1 Å². The van der Waals surface area contributed by atoms with Gasteiger partial charge in [0, 0.05) is 56.7 Å². The average Bonchev–Trinajstić information content (AvgIpc) is 2.63. The lowest BCUT2D eigenvalue weighted by molar-refractivity contribution is -0.149. The van der Waals surface area contributed by atoms with Crippen molar-refractivity contribution >= 4 is 29.3 Å². The third-order valence-corrected chi connectivity index (χ3v) is 4.92. The summed E-state index contributed by atoms with van der Waals surface area (Å²) in [5.74, 6) is -0.367. The predicted molar refractivity (Wildman–Crippen MR) is 98.3 cm³/mol. The molecule has 2 fully saturated rings. The highest BCUT2D eigenvalue weighted by atomic mass is 16.5. The maximum absolute atomic E-state index is 12.0. The molecule has 7 heteroatoms. The molecule has 2 aliphatic rings. The van der Waals surface area contributed by atoms with Crippen LogP contribution >= 0.6 is 0 Å². The number of imide groups is 1. The van der Waals surface area contributed by atoms with Crippen molar-refractivity contribution in [1.29, 1.82) is 0 Å². The van der Waals surface area contributed by atoms with Crippen molar-refractivity contribution in [3.05, 3.63) is 23.8 Å². The van der Waals surface area contributed by atoms with Gasteiger partial charge in [0.15, 0.2) is 0 Å². The van der Waals surface area contributed by atoms with Gasteiger partial charge in [-0.1, -0.05) is 6.92 Å². The second-order valence-corrected chi connectivity index (χ2v) is 6.76. The minimum Gasteiger partial charge on any atom is -0.462 e. The number of anilines is 2. The number of benzene rings is 1. The first kappa shape index (κ1) is 18.2. The van der Waals surface area contributed by atoms with Gasteiger partial charge in [-0.3, -0.25) is 19.8 Å². The predicted octanol–water partition coefficient (Wildman–Crippen LogP) is 2.36. The lowest BCUT2D eigenvalue weighted by atomic mass is 10.1. The Balaban J connectivity index is 1.64. The van der Waals surface area contributed by atoms with Crippen LogP contribution in [-0.4, -0.2) is 43.6 Å². The number of hydrogen-bond donors (Lipinski definition) is 1. The van der Waals surface area contributed by atoms with E-state index in [9.17, 15) is 14.4 Å². The molecule has 2 aliphatic heterocycles. The zero-order valence-corrected chi connectivity index (χ0v) is 15.3. The number of esters is 1. The molecule has 0 unspecified atom stereocenters. The molecule has 0 radical (unpaired) electrons. The number of rotatable bonds is 4. The Labute approximate surface area is 153 Å². The highest BCUT2D eigenvalue weighted by molar-refractivity contribution is 6.06. The SMILES string of the molecule is CCC(=O)OC1CCN(c2ccc(N3CCC(=O)NC3=O)c(C)c2)CC1. The second kappa shape index (κ2) is 7.76. The van der Waals surface area contributed by atoms with Crippen molar-refractivity contribution in [1.82, 2.24) is 5.32 Å². The molecule has 26 heavy (non-hydrogen) atoms. The molecule has 3 amide bonds. The number of amides is 3. The van der Waals surface area contributed by atoms with Gasteiger partial charge in [0.2, 0.25) is 5.91 Å². The lowest BCUT2D eigenvalue weighted by Crippen LogP contribution is -2.49. The van der Waals surface area contributed by atoms with Crippen LogP contribution in [0.2, 0.25) is 0 Å². The number of nitrogens with one attached hydrogen (secondary N) is 1. The molecule has 0 aromatic heterocycles. The van der Waals surface area contributed by atoms with Crippen molar-refractivity contribution in [3.8, 4) is 0 Å². The van der Waals surface area contributed by atoms with E-state index >= 15 is 0 Å². The molecule has 0 atom stereocenters. The van der Waals surface area contributed by atoms with Crippen LogP contribution in [0.15, 0.2) is 18.2 Å². The van der Waals surface area contributed by atoms with Gasteiger partial charge >= 0.3 is 12.0 Å². The number of urea groups is 1. The fourth-order valence-electron chi connectivity index (χ4n) is 3.43. The maximum atomic E-state index is 12.0. The van der Waals surface area contributed by atoms with Crippen LogP contribution in [0.25, 0.3) is 0 Å². The van der Waals surface area contributed by atoms with Gasteiger partial charge in [0.25, 0.3) is 0 Å². The Kier molecular flexibility index (Phi) is 5.44. The maximum Gasteiger partial charge on any atom is 0.328 e. The third kappa shape index (κ3) is 3.98. The van der Waals surface area contributed by atoms with Crippen molar-refractivity contribution < 1.29 is 19.1 Å². The summed E-state index contributed by atoms with van der Waals surface area (Å²) in [6.07, 6.45) is 2.38. The molecule has 1 aromatic carbocycles. The van der Waals surface area contributed by atoms with E-state index < -0.39 is 0 Å². The zero-order valence-electron chi connectivity index (χ0n) is 15.3. The fraction of sp³-hybridized carbons (Fsp3) is 0.526. The topological polar surface area (TPSA) is 79.0 Å². The van der Waals surface area contributed by atoms with Gasteiger partial charge in [0.05, 0.1) is 0 Å². The molecule has 140 valence electrons. The Morgan fingerprint density at radius 2 is 1.96 bits per heavy atom. The van der Waals surface area contributed by atoms with Gasteiger partial charge in [-0.2, -0.15) is 0 Å². The van der Waals surface area contributed by atoms with E-state index in [1.165, 1.54) is 0 Å². The normalized spacial score (nSPS) is 18.7. The number of nitrogens with zero attached hydrogens (tertiary/aromatic N) is 2. The first-order valence-corrected chi connectivity index (χ1v) is 9.14. The number of piperidine rings is 1. The van der Waals surface area contributed by atoms with Crippen LogP contribution in [0, 0.1) is 6.92 Å². The molecule has 0 aliphatic carbocycles. The Hall–Kier alpha value is -2.57. The molecule has 0 bridgehead atoms. The summed E-state index contributed by atoms with van der Waals surface area (Å²) in [6, 6.07) is 5.64. The quantitative estimate of drug-likeness (QED) is 0.835. The first-order chi connectivity index (χ1) is 12.5. The molecule has 7 nitrogen and oxygen atoms in total. The average molecular weight is 359 g/mol. The number of carbonyl (C=O) groups excluding carboxylic acids is 3. The van der Waals surface area contributed by atoms with Gasteiger partial charge in [-0.15, -0.1) is 0 Å². The minimum absolute atomic E-state index is 0.00801. The molecule has 0 saturated carbocycles. The molecule has 2 heterocycles. The van der Waals surface area contributed by atoms with Crippen molar-refractivity contribution in [2.24, 2.45) is 0 Å². The molecule has 0 spiro atoms. The second-order valence-electron chi connectivity index (χ2n) is 6.76. The van der Waals surface area contributed by atoms with Crippen LogP contribution in [0.1, 0.15) is 38.2 Å². The zero-order chi connectivity index (χ0) is 18.7. The highest BCUT2D eigenvalue weighted by Gasteiger charge is 2.26. The first-order valence-electron chi connectivity index (χ1n) is 9.14. The monoisotopic (exact) mass is 359 g/mol. The number of hydrogen-bond acceptors (Lipinski definition) is 5. The van der Waals surface area contributed by atoms with E-state index in [0.717, 1.165) is 42.9 Å². The van der Waals surface area contributed by atoms with Crippen molar-refractivity contribution in [2.45, 2.75) is 45.6 Å². The fourth-order valence-corrected chi connectivity index (χ4v) is 3.43. The standard InChI is InChI=1S/C19H25N3O4/c1-3-18(24)26-15-6-9-21(10-7-15)14-4-5-16(13(2)12-14)22-11-8-17(23)20-19(22)25/h4-5,12,15H,3,6-11H2,1-2H3,(H,20,23,25). The summed E-state index contributed by atoms with van der Waals surface area (Å²) in [5.41, 5.74) is 2.91. The number of carbonyl (C=O) groups is 3. The van der Waals surface area contributed by atoms with Crippen LogP contribution < -0.4 is 15.1 Å². The molecular formula is C19H25N3O4. The lowest BCUT2D eigenvalue weighted by Gasteiger charge is -2.34. The summed E-state index contributed by atoms with van der Waals surface area (Å²) in [4.78, 5) is 38.6. The summed E-state index contributed by atoms with van der Waals surface area (Å²) in [6.45, 7) is 5.84. The van der Waals surface area contributed by atoms with E-state index in [0.29, 0.717) is 19.4 Å². The number of ether oxygens (including phenoxy) is 1. The van der Waals surface area contributed by atoms with E-state index in [-0.39, 0.29) is 24.0 Å². The van der Waals surface area contributed by atoms with Crippen molar-refractivity contribution in [3.63, 3.8) is 0 Å². The summed E-state index contributed by atoms with van der Waals surface area (Å²) in [7, 11) is 0. The van der Waals surface area contributed by atoms with Crippen LogP contribution in [-0.2, 0) is 14.3 Å². The van der Waals surface area contributed by atoms with Gasteiger partial charge < -0.3 is 9.64 Å². The smallest absolute Gasteiger partial charge is 0.328 e. The molecular weight excluding hydrogens is 334 g/mol.